The fraction of sp³-hybridized carbons (Fsp3) is 0.250. The molecule has 4 aromatic rings. The van der Waals surface area contributed by atoms with Crippen molar-refractivity contribution in [1.29, 1.82) is 0 Å². The van der Waals surface area contributed by atoms with Gasteiger partial charge in [-0.25, -0.2) is 9.97 Å². The highest BCUT2D eigenvalue weighted by atomic mass is 35.5. The zero-order valence-electron chi connectivity index (χ0n) is 17.9. The molecule has 0 fully saturated rings. The summed E-state index contributed by atoms with van der Waals surface area (Å²) in [4.78, 5) is 38.3. The van der Waals surface area contributed by atoms with Gasteiger partial charge in [-0.1, -0.05) is 41.4 Å². The molecule has 164 valence electrons. The van der Waals surface area contributed by atoms with E-state index < -0.39 is 0 Å². The van der Waals surface area contributed by atoms with E-state index in [1.54, 1.807) is 29.3 Å². The van der Waals surface area contributed by atoms with Crippen molar-refractivity contribution in [3.63, 3.8) is 0 Å². The summed E-state index contributed by atoms with van der Waals surface area (Å²) >= 11 is 6.02. The Hall–Kier alpha value is -3.45. The molecular weight excluding hydrogens is 428 g/mol. The number of amides is 1. The molecule has 0 aliphatic rings. The van der Waals surface area contributed by atoms with Gasteiger partial charge in [-0.3, -0.25) is 9.59 Å². The average Bonchev–Trinajstić information content (AvgIpc) is 3.25. The van der Waals surface area contributed by atoms with Crippen molar-refractivity contribution >= 4 is 28.4 Å². The van der Waals surface area contributed by atoms with Crippen molar-refractivity contribution in [3.05, 3.63) is 81.3 Å². The average molecular weight is 451 g/mol. The number of rotatable bonds is 7. The third-order valence-corrected chi connectivity index (χ3v) is 5.47. The maximum atomic E-state index is 12.8. The molecule has 0 aliphatic heterocycles. The molecule has 2 heterocycles. The summed E-state index contributed by atoms with van der Waals surface area (Å²) in [5, 5.41) is 0.960. The number of carbonyl (C=O) groups excluding carboxylic acids is 1. The standard InChI is InChI=1S/C24H23ClN4O3/c1-3-29(14-21-27-19-12-17(25)8-9-18(19)24(31)28-21)23(30)11-10-22-26-13-20(32-22)16-6-4-15(2)5-7-16/h4-9,12-13H,3,10-11,14H2,1-2H3,(H,27,28,31). The second-order valence-corrected chi connectivity index (χ2v) is 8.00. The van der Waals surface area contributed by atoms with Gasteiger partial charge < -0.3 is 14.3 Å². The minimum Gasteiger partial charge on any atom is -0.441 e. The number of nitrogens with zero attached hydrogens (tertiary/aromatic N) is 3. The first-order valence-corrected chi connectivity index (χ1v) is 10.8. The van der Waals surface area contributed by atoms with E-state index >= 15 is 0 Å². The van der Waals surface area contributed by atoms with Gasteiger partial charge in [0, 0.05) is 30.0 Å². The zero-order valence-corrected chi connectivity index (χ0v) is 18.6. The Kier molecular flexibility index (Phi) is 6.37. The number of carbonyl (C=O) groups is 1. The Morgan fingerprint density at radius 2 is 1.97 bits per heavy atom. The molecule has 1 amide bonds. The van der Waals surface area contributed by atoms with Crippen LogP contribution in [0.25, 0.3) is 22.2 Å². The Balaban J connectivity index is 1.42. The van der Waals surface area contributed by atoms with Gasteiger partial charge in [0.2, 0.25) is 5.91 Å². The molecule has 1 N–H and O–H groups in total. The topological polar surface area (TPSA) is 92.1 Å². The highest BCUT2D eigenvalue weighted by Gasteiger charge is 2.16. The Labute approximate surface area is 190 Å². The van der Waals surface area contributed by atoms with Crippen molar-refractivity contribution in [1.82, 2.24) is 19.9 Å². The van der Waals surface area contributed by atoms with Crippen LogP contribution in [0.2, 0.25) is 5.02 Å². The SMILES string of the molecule is CCN(Cc1nc2cc(Cl)ccc2c(=O)[nH]1)C(=O)CCc1ncc(-c2ccc(C)cc2)o1. The van der Waals surface area contributed by atoms with Crippen LogP contribution in [0.3, 0.4) is 0 Å². The van der Waals surface area contributed by atoms with Crippen LogP contribution in [0.1, 0.15) is 30.6 Å². The molecule has 0 atom stereocenters. The number of nitrogens with one attached hydrogen (secondary N) is 1. The molecule has 4 rings (SSSR count). The number of fused-ring (bicyclic) bond motifs is 1. The number of oxazole rings is 1. The summed E-state index contributed by atoms with van der Waals surface area (Å²) in [5.41, 5.74) is 2.36. The second-order valence-electron chi connectivity index (χ2n) is 7.57. The summed E-state index contributed by atoms with van der Waals surface area (Å²) < 4.78 is 5.81. The third kappa shape index (κ3) is 4.89. The summed E-state index contributed by atoms with van der Waals surface area (Å²) in [7, 11) is 0. The van der Waals surface area contributed by atoms with E-state index in [2.05, 4.69) is 15.0 Å². The number of halogens is 1. The highest BCUT2D eigenvalue weighted by Crippen LogP contribution is 2.21. The van der Waals surface area contributed by atoms with Crippen molar-refractivity contribution in [3.8, 4) is 11.3 Å². The molecule has 2 aromatic carbocycles. The molecule has 0 saturated carbocycles. The van der Waals surface area contributed by atoms with Crippen LogP contribution in [0, 0.1) is 6.92 Å². The molecule has 7 nitrogen and oxygen atoms in total. The van der Waals surface area contributed by atoms with Crippen LogP contribution in [0.4, 0.5) is 0 Å². The number of hydrogen-bond acceptors (Lipinski definition) is 5. The second kappa shape index (κ2) is 9.36. The monoisotopic (exact) mass is 450 g/mol. The first-order chi connectivity index (χ1) is 15.4. The lowest BCUT2D eigenvalue weighted by atomic mass is 10.1. The molecule has 0 bridgehead atoms. The Bertz CT molecular complexity index is 1310. The predicted octanol–water partition coefficient (Wildman–Crippen LogP) is 4.52. The lowest BCUT2D eigenvalue weighted by molar-refractivity contribution is -0.131. The highest BCUT2D eigenvalue weighted by molar-refractivity contribution is 6.31. The van der Waals surface area contributed by atoms with Gasteiger partial charge >= 0.3 is 0 Å². The number of aromatic nitrogens is 3. The van der Waals surface area contributed by atoms with Gasteiger partial charge in [-0.15, -0.1) is 0 Å². The molecule has 8 heteroatoms. The Morgan fingerprint density at radius 1 is 1.19 bits per heavy atom. The minimum absolute atomic E-state index is 0.0728. The van der Waals surface area contributed by atoms with E-state index in [-0.39, 0.29) is 24.4 Å². The van der Waals surface area contributed by atoms with Crippen molar-refractivity contribution < 1.29 is 9.21 Å². The predicted molar refractivity (Wildman–Crippen MR) is 123 cm³/mol. The molecule has 0 radical (unpaired) electrons. The Morgan fingerprint density at radius 3 is 2.72 bits per heavy atom. The van der Waals surface area contributed by atoms with E-state index in [0.29, 0.717) is 46.4 Å². The van der Waals surface area contributed by atoms with Gasteiger partial charge in [-0.05, 0) is 32.0 Å². The maximum Gasteiger partial charge on any atom is 0.258 e. The van der Waals surface area contributed by atoms with E-state index in [0.717, 1.165) is 5.56 Å². The molecule has 32 heavy (non-hydrogen) atoms. The van der Waals surface area contributed by atoms with Gasteiger partial charge in [0.1, 0.15) is 5.82 Å². The first-order valence-electron chi connectivity index (χ1n) is 10.4. The zero-order chi connectivity index (χ0) is 22.7. The summed E-state index contributed by atoms with van der Waals surface area (Å²) in [6, 6.07) is 12.9. The molecule has 2 aromatic heterocycles. The smallest absolute Gasteiger partial charge is 0.258 e. The number of aryl methyl sites for hydroxylation is 2. The van der Waals surface area contributed by atoms with Gasteiger partial charge in [0.05, 0.1) is 23.6 Å². The number of hydrogen-bond donors (Lipinski definition) is 1. The van der Waals surface area contributed by atoms with Crippen LogP contribution in [-0.2, 0) is 17.8 Å². The van der Waals surface area contributed by atoms with Crippen molar-refractivity contribution in [2.24, 2.45) is 0 Å². The fourth-order valence-electron chi connectivity index (χ4n) is 3.44. The number of aromatic amines is 1. The van der Waals surface area contributed by atoms with E-state index in [4.69, 9.17) is 16.0 Å². The van der Waals surface area contributed by atoms with Crippen molar-refractivity contribution in [2.75, 3.05) is 6.54 Å². The normalized spacial score (nSPS) is 11.1. The fourth-order valence-corrected chi connectivity index (χ4v) is 3.61. The van der Waals surface area contributed by atoms with Gasteiger partial charge in [0.25, 0.3) is 5.56 Å². The van der Waals surface area contributed by atoms with E-state index in [1.165, 1.54) is 5.56 Å². The quantitative estimate of drug-likeness (QED) is 0.447. The lowest BCUT2D eigenvalue weighted by Gasteiger charge is -2.20. The largest absolute Gasteiger partial charge is 0.441 e. The van der Waals surface area contributed by atoms with Gasteiger partial charge in [-0.2, -0.15) is 0 Å². The molecular formula is C24H23ClN4O3. The van der Waals surface area contributed by atoms with Crippen LogP contribution in [0.5, 0.6) is 0 Å². The minimum atomic E-state index is -0.256. The van der Waals surface area contributed by atoms with Crippen LogP contribution < -0.4 is 5.56 Å². The van der Waals surface area contributed by atoms with Crippen LogP contribution >= 0.6 is 11.6 Å². The van der Waals surface area contributed by atoms with E-state index in [1.807, 2.05) is 38.1 Å². The molecule has 0 spiro atoms. The van der Waals surface area contributed by atoms with Crippen molar-refractivity contribution in [2.45, 2.75) is 33.2 Å². The molecule has 0 aliphatic carbocycles. The maximum absolute atomic E-state index is 12.8. The first kappa shape index (κ1) is 21.8. The summed E-state index contributed by atoms with van der Waals surface area (Å²) in [5.74, 6) is 1.53. The lowest BCUT2D eigenvalue weighted by Crippen LogP contribution is -2.32. The van der Waals surface area contributed by atoms with Crippen LogP contribution in [-0.4, -0.2) is 32.3 Å². The molecule has 0 unspecified atom stereocenters. The summed E-state index contributed by atoms with van der Waals surface area (Å²) in [6.07, 6.45) is 2.31. The van der Waals surface area contributed by atoms with E-state index in [9.17, 15) is 9.59 Å². The number of H-pyrrole nitrogens is 1. The molecule has 0 saturated heterocycles. The van der Waals surface area contributed by atoms with Crippen LogP contribution in [0.15, 0.2) is 57.9 Å². The third-order valence-electron chi connectivity index (χ3n) is 5.24. The van der Waals surface area contributed by atoms with Gasteiger partial charge in [0.15, 0.2) is 11.7 Å². The summed E-state index contributed by atoms with van der Waals surface area (Å²) in [6.45, 7) is 4.59. The number of benzene rings is 2.